The van der Waals surface area contributed by atoms with Gasteiger partial charge in [-0.2, -0.15) is 13.2 Å². The van der Waals surface area contributed by atoms with Crippen LogP contribution in [0.2, 0.25) is 0 Å². The Balaban J connectivity index is 2.12. The van der Waals surface area contributed by atoms with Gasteiger partial charge in [-0.3, -0.25) is 0 Å². The second kappa shape index (κ2) is 5.63. The molecule has 0 aliphatic heterocycles. The molecular weight excluding hydrogens is 255 g/mol. The van der Waals surface area contributed by atoms with Gasteiger partial charge in [0.1, 0.15) is 7.11 Å². The van der Waals surface area contributed by atoms with E-state index in [1.54, 1.807) is 12.1 Å². The van der Waals surface area contributed by atoms with E-state index < -0.39 is 11.7 Å². The van der Waals surface area contributed by atoms with Gasteiger partial charge in [0, 0.05) is 0 Å². The summed E-state index contributed by atoms with van der Waals surface area (Å²) in [6.45, 7) is 0. The maximum Gasteiger partial charge on any atom is 0.416 e. The molecule has 0 spiro atoms. The summed E-state index contributed by atoms with van der Waals surface area (Å²) < 4.78 is 37.5. The third-order valence-electron chi connectivity index (χ3n) is 3.43. The minimum Gasteiger partial charge on any atom is -0.399 e. The number of oxime groups is 1. The number of hydrogen-bond acceptors (Lipinski definition) is 2. The summed E-state index contributed by atoms with van der Waals surface area (Å²) in [5.41, 5.74) is 1.33. The maximum absolute atomic E-state index is 12.5. The molecule has 0 bridgehead atoms. The van der Waals surface area contributed by atoms with E-state index in [1.165, 1.54) is 7.11 Å². The van der Waals surface area contributed by atoms with Crippen LogP contribution < -0.4 is 0 Å². The van der Waals surface area contributed by atoms with Crippen molar-refractivity contribution < 1.29 is 18.0 Å². The predicted octanol–water partition coefficient (Wildman–Crippen LogP) is 4.37. The van der Waals surface area contributed by atoms with E-state index in [0.29, 0.717) is 0 Å². The van der Waals surface area contributed by atoms with Crippen LogP contribution in [-0.2, 0) is 11.0 Å². The van der Waals surface area contributed by atoms with Crippen molar-refractivity contribution in [1.29, 1.82) is 0 Å². The molecule has 0 N–H and O–H groups in total. The Morgan fingerprint density at radius 1 is 1.21 bits per heavy atom. The summed E-state index contributed by atoms with van der Waals surface area (Å²) >= 11 is 0. The molecule has 2 rings (SSSR count). The van der Waals surface area contributed by atoms with Crippen molar-refractivity contribution in [3.8, 4) is 0 Å². The second-order valence-electron chi connectivity index (χ2n) is 4.75. The minimum atomic E-state index is -4.27. The van der Waals surface area contributed by atoms with Gasteiger partial charge in [-0.25, -0.2) is 0 Å². The van der Waals surface area contributed by atoms with Crippen molar-refractivity contribution >= 4 is 5.71 Å². The lowest BCUT2D eigenvalue weighted by atomic mass is 9.83. The lowest BCUT2D eigenvalue weighted by molar-refractivity contribution is -0.137. The lowest BCUT2D eigenvalue weighted by Crippen LogP contribution is -2.14. The fourth-order valence-electron chi connectivity index (χ4n) is 2.48. The molecule has 0 aromatic heterocycles. The van der Waals surface area contributed by atoms with Crippen molar-refractivity contribution in [1.82, 2.24) is 0 Å². The van der Waals surface area contributed by atoms with Gasteiger partial charge in [0.25, 0.3) is 0 Å². The molecule has 1 aliphatic rings. The summed E-state index contributed by atoms with van der Waals surface area (Å²) in [4.78, 5) is 4.77. The van der Waals surface area contributed by atoms with Gasteiger partial charge in [-0.15, -0.1) is 0 Å². The van der Waals surface area contributed by atoms with Gasteiger partial charge in [0.15, 0.2) is 0 Å². The van der Waals surface area contributed by atoms with E-state index in [9.17, 15) is 13.2 Å². The van der Waals surface area contributed by atoms with Gasteiger partial charge in [0.2, 0.25) is 0 Å². The van der Waals surface area contributed by atoms with E-state index in [2.05, 4.69) is 5.16 Å². The Kier molecular flexibility index (Phi) is 4.12. The summed E-state index contributed by atoms with van der Waals surface area (Å²) in [5, 5.41) is 3.95. The van der Waals surface area contributed by atoms with Gasteiger partial charge in [0.05, 0.1) is 11.3 Å². The molecule has 5 heteroatoms. The van der Waals surface area contributed by atoms with Crippen LogP contribution in [0.25, 0.3) is 0 Å². The van der Waals surface area contributed by atoms with E-state index in [-0.39, 0.29) is 5.92 Å². The van der Waals surface area contributed by atoms with E-state index in [0.717, 1.165) is 49.1 Å². The molecule has 1 atom stereocenters. The van der Waals surface area contributed by atoms with Crippen LogP contribution in [-0.4, -0.2) is 12.8 Å². The number of rotatable bonds is 2. The molecule has 19 heavy (non-hydrogen) atoms. The van der Waals surface area contributed by atoms with Crippen LogP contribution in [0.4, 0.5) is 13.2 Å². The summed E-state index contributed by atoms with van der Waals surface area (Å²) in [7, 11) is 1.51. The average molecular weight is 271 g/mol. The molecule has 104 valence electrons. The normalized spacial score (nSPS) is 22.5. The fraction of sp³-hybridized carbons (Fsp3) is 0.500. The maximum atomic E-state index is 12.5. The van der Waals surface area contributed by atoms with Gasteiger partial charge < -0.3 is 4.84 Å². The van der Waals surface area contributed by atoms with Crippen molar-refractivity contribution in [2.24, 2.45) is 5.16 Å². The monoisotopic (exact) mass is 271 g/mol. The second-order valence-corrected chi connectivity index (χ2v) is 4.75. The topological polar surface area (TPSA) is 21.6 Å². The van der Waals surface area contributed by atoms with E-state index >= 15 is 0 Å². The molecule has 1 fully saturated rings. The molecule has 2 nitrogen and oxygen atoms in total. The highest BCUT2D eigenvalue weighted by molar-refractivity contribution is 5.85. The fourth-order valence-corrected chi connectivity index (χ4v) is 2.48. The Labute approximate surface area is 110 Å². The van der Waals surface area contributed by atoms with Crippen molar-refractivity contribution in [2.75, 3.05) is 7.11 Å². The van der Waals surface area contributed by atoms with Crippen LogP contribution in [0.1, 0.15) is 42.7 Å². The standard InChI is InChI=1S/C14H16F3NO/c1-19-18-13-4-2-3-11(9-13)10-5-7-12(8-6-10)14(15,16)17/h5-8,11H,2-4,9H2,1H3/t11-/m1/s1. The lowest BCUT2D eigenvalue weighted by Gasteiger charge is -2.23. The first-order chi connectivity index (χ1) is 9.00. The van der Waals surface area contributed by atoms with Crippen LogP contribution >= 0.6 is 0 Å². The zero-order chi connectivity index (χ0) is 13.9. The first-order valence-corrected chi connectivity index (χ1v) is 6.27. The average Bonchev–Trinajstić information content (AvgIpc) is 2.39. The van der Waals surface area contributed by atoms with Gasteiger partial charge in [-0.05, 0) is 49.3 Å². The van der Waals surface area contributed by atoms with Crippen molar-refractivity contribution in [2.45, 2.75) is 37.8 Å². The number of nitrogens with zero attached hydrogens (tertiary/aromatic N) is 1. The number of hydrogen-bond donors (Lipinski definition) is 0. The molecule has 0 heterocycles. The van der Waals surface area contributed by atoms with E-state index in [4.69, 9.17) is 4.84 Å². The molecule has 1 aromatic rings. The molecule has 0 amide bonds. The largest absolute Gasteiger partial charge is 0.416 e. The highest BCUT2D eigenvalue weighted by Gasteiger charge is 2.30. The number of benzene rings is 1. The Morgan fingerprint density at radius 2 is 1.89 bits per heavy atom. The number of alkyl halides is 3. The SMILES string of the molecule is CON=C1CCC[C@@H](c2ccc(C(F)(F)F)cc2)C1. The molecule has 1 aromatic carbocycles. The Hall–Kier alpha value is -1.52. The predicted molar refractivity (Wildman–Crippen MR) is 67.1 cm³/mol. The summed E-state index contributed by atoms with van der Waals surface area (Å²) in [6.07, 6.45) is -0.625. The van der Waals surface area contributed by atoms with Crippen LogP contribution in [0.5, 0.6) is 0 Å². The molecule has 1 aliphatic carbocycles. The molecule has 1 saturated carbocycles. The Morgan fingerprint density at radius 3 is 2.47 bits per heavy atom. The van der Waals surface area contributed by atoms with Gasteiger partial charge in [-0.1, -0.05) is 17.3 Å². The van der Waals surface area contributed by atoms with Gasteiger partial charge >= 0.3 is 6.18 Å². The molecule has 0 unspecified atom stereocenters. The highest BCUT2D eigenvalue weighted by atomic mass is 19.4. The first-order valence-electron chi connectivity index (χ1n) is 6.27. The quantitative estimate of drug-likeness (QED) is 0.732. The third kappa shape index (κ3) is 3.49. The van der Waals surface area contributed by atoms with Crippen molar-refractivity contribution in [3.63, 3.8) is 0 Å². The first kappa shape index (κ1) is 13.9. The zero-order valence-electron chi connectivity index (χ0n) is 10.7. The molecule has 0 saturated heterocycles. The van der Waals surface area contributed by atoms with Crippen LogP contribution in [0.3, 0.4) is 0 Å². The van der Waals surface area contributed by atoms with Crippen LogP contribution in [0.15, 0.2) is 29.4 Å². The summed E-state index contributed by atoms with van der Waals surface area (Å²) in [6, 6.07) is 5.45. The number of halogens is 3. The Bertz CT molecular complexity index is 451. The summed E-state index contributed by atoms with van der Waals surface area (Å²) in [5.74, 6) is 0.241. The third-order valence-corrected chi connectivity index (χ3v) is 3.43. The van der Waals surface area contributed by atoms with Crippen LogP contribution in [0, 0.1) is 0 Å². The minimum absolute atomic E-state index is 0.241. The molecule has 0 radical (unpaired) electrons. The zero-order valence-corrected chi connectivity index (χ0v) is 10.7. The molecular formula is C14H16F3NO. The highest BCUT2D eigenvalue weighted by Crippen LogP contribution is 2.34. The smallest absolute Gasteiger partial charge is 0.399 e. The van der Waals surface area contributed by atoms with Crippen molar-refractivity contribution in [3.05, 3.63) is 35.4 Å². The van der Waals surface area contributed by atoms with E-state index in [1.807, 2.05) is 0 Å².